The molecule has 98 valence electrons. The number of aromatic amines is 1. The lowest BCUT2D eigenvalue weighted by atomic mass is 10.3. The molecule has 5 heteroatoms. The molecule has 0 saturated carbocycles. The van der Waals surface area contributed by atoms with Crippen molar-refractivity contribution in [1.29, 1.82) is 0 Å². The van der Waals surface area contributed by atoms with Crippen molar-refractivity contribution in [2.45, 2.75) is 24.3 Å². The first-order chi connectivity index (χ1) is 8.72. The van der Waals surface area contributed by atoms with Gasteiger partial charge >= 0.3 is 0 Å². The van der Waals surface area contributed by atoms with Crippen molar-refractivity contribution in [3.63, 3.8) is 0 Å². The number of imidazole rings is 1. The van der Waals surface area contributed by atoms with Crippen LogP contribution >= 0.6 is 11.8 Å². The fraction of sp³-hybridized carbons (Fsp3) is 0.462. The predicted octanol–water partition coefficient (Wildman–Crippen LogP) is 2.66. The van der Waals surface area contributed by atoms with Gasteiger partial charge in [0.1, 0.15) is 5.75 Å². The Morgan fingerprint density at radius 2 is 2.33 bits per heavy atom. The summed E-state index contributed by atoms with van der Waals surface area (Å²) < 4.78 is 5.48. The summed E-state index contributed by atoms with van der Waals surface area (Å²) in [7, 11) is 1.96. The lowest BCUT2D eigenvalue weighted by Crippen LogP contribution is -2.17. The van der Waals surface area contributed by atoms with Gasteiger partial charge in [-0.05, 0) is 26.1 Å². The van der Waals surface area contributed by atoms with Gasteiger partial charge in [-0.25, -0.2) is 4.98 Å². The number of aromatic nitrogens is 2. The molecule has 2 rings (SSSR count). The quantitative estimate of drug-likeness (QED) is 0.788. The van der Waals surface area contributed by atoms with E-state index in [1.807, 2.05) is 32.2 Å². The van der Waals surface area contributed by atoms with E-state index in [9.17, 15) is 0 Å². The Kier molecular flexibility index (Phi) is 4.49. The third-order valence-electron chi connectivity index (χ3n) is 2.55. The highest BCUT2D eigenvalue weighted by Gasteiger charge is 2.08. The maximum Gasteiger partial charge on any atom is 0.166 e. The maximum atomic E-state index is 5.48. The molecule has 0 aliphatic carbocycles. The molecular weight excluding hydrogens is 246 g/mol. The minimum atomic E-state index is 0.488. The molecule has 1 aromatic carbocycles. The van der Waals surface area contributed by atoms with E-state index in [1.54, 1.807) is 11.8 Å². The number of H-pyrrole nitrogens is 1. The van der Waals surface area contributed by atoms with E-state index in [0.29, 0.717) is 11.9 Å². The van der Waals surface area contributed by atoms with Gasteiger partial charge in [-0.1, -0.05) is 18.7 Å². The third-order valence-corrected chi connectivity index (χ3v) is 3.53. The molecular formula is C13H19N3OS. The zero-order chi connectivity index (χ0) is 13.0. The lowest BCUT2D eigenvalue weighted by molar-refractivity contribution is 0.340. The van der Waals surface area contributed by atoms with E-state index in [2.05, 4.69) is 22.2 Å². The Bertz CT molecular complexity index is 512. The highest BCUT2D eigenvalue weighted by Crippen LogP contribution is 2.25. The molecule has 0 fully saturated rings. The van der Waals surface area contributed by atoms with Gasteiger partial charge in [-0.15, -0.1) is 0 Å². The number of ether oxygens (including phenoxy) is 1. The van der Waals surface area contributed by atoms with Crippen molar-refractivity contribution < 1.29 is 4.74 Å². The maximum absolute atomic E-state index is 5.48. The number of hydrogen-bond donors (Lipinski definition) is 2. The monoisotopic (exact) mass is 265 g/mol. The fourth-order valence-corrected chi connectivity index (χ4v) is 2.75. The topological polar surface area (TPSA) is 49.9 Å². The second-order valence-corrected chi connectivity index (χ2v) is 5.57. The SMILES string of the molecule is CCOc1ccc2nc(SC(C)CNC)[nH]c2c1. The van der Waals surface area contributed by atoms with Crippen molar-refractivity contribution in [1.82, 2.24) is 15.3 Å². The number of fused-ring (bicyclic) bond motifs is 1. The predicted molar refractivity (Wildman–Crippen MR) is 76.5 cm³/mol. The van der Waals surface area contributed by atoms with Crippen LogP contribution in [0.4, 0.5) is 0 Å². The van der Waals surface area contributed by atoms with Crippen molar-refractivity contribution in [3.8, 4) is 5.75 Å². The average Bonchev–Trinajstić information content (AvgIpc) is 2.71. The van der Waals surface area contributed by atoms with Crippen LogP contribution in [0.15, 0.2) is 23.4 Å². The summed E-state index contributed by atoms with van der Waals surface area (Å²) in [5.41, 5.74) is 2.01. The van der Waals surface area contributed by atoms with Crippen LogP contribution in [0, 0.1) is 0 Å². The molecule has 4 nitrogen and oxygen atoms in total. The van der Waals surface area contributed by atoms with E-state index in [0.717, 1.165) is 28.5 Å². The average molecular weight is 265 g/mol. The summed E-state index contributed by atoms with van der Waals surface area (Å²) in [6, 6.07) is 5.94. The van der Waals surface area contributed by atoms with Crippen LogP contribution in [-0.4, -0.2) is 35.4 Å². The second-order valence-electron chi connectivity index (χ2n) is 4.14. The summed E-state index contributed by atoms with van der Waals surface area (Å²) in [6.45, 7) is 5.81. The van der Waals surface area contributed by atoms with Crippen LogP contribution in [0.1, 0.15) is 13.8 Å². The molecule has 0 aliphatic rings. The Morgan fingerprint density at radius 1 is 1.50 bits per heavy atom. The van der Waals surface area contributed by atoms with E-state index >= 15 is 0 Å². The molecule has 0 saturated heterocycles. The van der Waals surface area contributed by atoms with E-state index < -0.39 is 0 Å². The van der Waals surface area contributed by atoms with Crippen molar-refractivity contribution >= 4 is 22.8 Å². The molecule has 18 heavy (non-hydrogen) atoms. The van der Waals surface area contributed by atoms with E-state index in [-0.39, 0.29) is 0 Å². The van der Waals surface area contributed by atoms with Gasteiger partial charge in [-0.3, -0.25) is 0 Å². The number of thioether (sulfide) groups is 1. The molecule has 1 aromatic heterocycles. The Morgan fingerprint density at radius 3 is 3.06 bits per heavy atom. The Hall–Kier alpha value is -1.20. The first-order valence-electron chi connectivity index (χ1n) is 6.16. The summed E-state index contributed by atoms with van der Waals surface area (Å²) >= 11 is 1.74. The molecule has 2 aromatic rings. The van der Waals surface area contributed by atoms with Crippen LogP contribution in [0.25, 0.3) is 11.0 Å². The molecule has 0 aliphatic heterocycles. The molecule has 0 amide bonds. The minimum Gasteiger partial charge on any atom is -0.494 e. The van der Waals surface area contributed by atoms with Crippen molar-refractivity contribution in [3.05, 3.63) is 18.2 Å². The zero-order valence-corrected chi connectivity index (χ0v) is 11.8. The molecule has 1 heterocycles. The van der Waals surface area contributed by atoms with E-state index in [4.69, 9.17) is 4.74 Å². The summed E-state index contributed by atoms with van der Waals surface area (Å²) in [5, 5.41) is 4.61. The Balaban J connectivity index is 2.16. The van der Waals surface area contributed by atoms with Crippen LogP contribution in [0.2, 0.25) is 0 Å². The molecule has 2 N–H and O–H groups in total. The first kappa shape index (κ1) is 13.2. The van der Waals surface area contributed by atoms with Gasteiger partial charge in [0.2, 0.25) is 0 Å². The normalized spacial score (nSPS) is 12.8. The Labute approximate surface area is 112 Å². The zero-order valence-electron chi connectivity index (χ0n) is 11.0. The lowest BCUT2D eigenvalue weighted by Gasteiger charge is -2.06. The fourth-order valence-electron chi connectivity index (χ4n) is 1.80. The first-order valence-corrected chi connectivity index (χ1v) is 7.04. The summed E-state index contributed by atoms with van der Waals surface area (Å²) in [5.74, 6) is 0.883. The van der Waals surface area contributed by atoms with Crippen LogP contribution < -0.4 is 10.1 Å². The summed E-state index contributed by atoms with van der Waals surface area (Å²) in [4.78, 5) is 7.89. The minimum absolute atomic E-state index is 0.488. The van der Waals surface area contributed by atoms with Crippen molar-refractivity contribution in [2.75, 3.05) is 20.2 Å². The van der Waals surface area contributed by atoms with Crippen LogP contribution in [0.3, 0.4) is 0 Å². The van der Waals surface area contributed by atoms with Gasteiger partial charge in [0, 0.05) is 17.9 Å². The number of nitrogens with one attached hydrogen (secondary N) is 2. The molecule has 0 radical (unpaired) electrons. The second kappa shape index (κ2) is 6.11. The van der Waals surface area contributed by atoms with Crippen LogP contribution in [0.5, 0.6) is 5.75 Å². The van der Waals surface area contributed by atoms with Gasteiger partial charge in [0.05, 0.1) is 17.6 Å². The standard InChI is InChI=1S/C13H19N3OS/c1-4-17-10-5-6-11-12(7-10)16-13(15-11)18-9(2)8-14-3/h5-7,9,14H,4,8H2,1-3H3,(H,15,16). The third kappa shape index (κ3) is 3.17. The van der Waals surface area contributed by atoms with Gasteiger partial charge in [0.25, 0.3) is 0 Å². The van der Waals surface area contributed by atoms with E-state index in [1.165, 1.54) is 0 Å². The smallest absolute Gasteiger partial charge is 0.166 e. The van der Waals surface area contributed by atoms with Gasteiger partial charge in [0.15, 0.2) is 5.16 Å². The largest absolute Gasteiger partial charge is 0.494 e. The molecule has 0 spiro atoms. The molecule has 1 unspecified atom stereocenters. The number of hydrogen-bond acceptors (Lipinski definition) is 4. The molecule has 1 atom stereocenters. The van der Waals surface area contributed by atoms with Crippen LogP contribution in [-0.2, 0) is 0 Å². The molecule has 0 bridgehead atoms. The number of nitrogens with zero attached hydrogens (tertiary/aromatic N) is 1. The number of benzene rings is 1. The summed E-state index contributed by atoms with van der Waals surface area (Å²) in [6.07, 6.45) is 0. The highest BCUT2D eigenvalue weighted by atomic mass is 32.2. The van der Waals surface area contributed by atoms with Crippen molar-refractivity contribution in [2.24, 2.45) is 0 Å². The van der Waals surface area contributed by atoms with Gasteiger partial charge < -0.3 is 15.0 Å². The number of rotatable bonds is 6. The van der Waals surface area contributed by atoms with Gasteiger partial charge in [-0.2, -0.15) is 0 Å². The highest BCUT2D eigenvalue weighted by molar-refractivity contribution is 7.99.